The first-order valence-corrected chi connectivity index (χ1v) is 6.24. The lowest BCUT2D eigenvalue weighted by Crippen LogP contribution is -2.22. The van der Waals surface area contributed by atoms with E-state index in [2.05, 4.69) is 5.32 Å². The fourth-order valence-electron chi connectivity index (χ4n) is 1.64. The van der Waals surface area contributed by atoms with Crippen molar-refractivity contribution in [2.24, 2.45) is 0 Å². The van der Waals surface area contributed by atoms with Gasteiger partial charge in [-0.25, -0.2) is 0 Å². The van der Waals surface area contributed by atoms with Gasteiger partial charge in [0.2, 0.25) is 5.91 Å². The number of benzene rings is 1. The zero-order valence-corrected chi connectivity index (χ0v) is 12.0. The number of methoxy groups -OCH3 is 2. The Bertz CT molecular complexity index is 419. The minimum Gasteiger partial charge on any atom is -0.497 e. The SMILES string of the molecule is COc1ccc(OC)c(NCCCC(=O)N(C)C)c1. The highest BCUT2D eigenvalue weighted by molar-refractivity contribution is 5.75. The molecule has 19 heavy (non-hydrogen) atoms. The van der Waals surface area contributed by atoms with Crippen molar-refractivity contribution in [3.8, 4) is 11.5 Å². The number of amides is 1. The molecular weight excluding hydrogens is 244 g/mol. The van der Waals surface area contributed by atoms with Crippen LogP contribution in [0.2, 0.25) is 0 Å². The second-order valence-corrected chi connectivity index (χ2v) is 4.38. The van der Waals surface area contributed by atoms with Crippen molar-refractivity contribution in [1.82, 2.24) is 4.90 Å². The van der Waals surface area contributed by atoms with Crippen LogP contribution in [0.3, 0.4) is 0 Å². The van der Waals surface area contributed by atoms with Gasteiger partial charge in [0, 0.05) is 33.1 Å². The molecule has 0 aliphatic carbocycles. The molecule has 0 saturated carbocycles. The molecule has 0 saturated heterocycles. The fraction of sp³-hybridized carbons (Fsp3) is 0.500. The monoisotopic (exact) mass is 266 g/mol. The first-order chi connectivity index (χ1) is 9.08. The summed E-state index contributed by atoms with van der Waals surface area (Å²) in [5.41, 5.74) is 0.874. The van der Waals surface area contributed by atoms with Crippen molar-refractivity contribution in [2.45, 2.75) is 12.8 Å². The number of carbonyl (C=O) groups excluding carboxylic acids is 1. The first-order valence-electron chi connectivity index (χ1n) is 6.24. The summed E-state index contributed by atoms with van der Waals surface area (Å²) in [5.74, 6) is 1.67. The average Bonchev–Trinajstić information content (AvgIpc) is 2.42. The zero-order valence-electron chi connectivity index (χ0n) is 12.0. The zero-order chi connectivity index (χ0) is 14.3. The molecule has 0 radical (unpaired) electrons. The largest absolute Gasteiger partial charge is 0.497 e. The van der Waals surface area contributed by atoms with Crippen LogP contribution in [-0.2, 0) is 4.79 Å². The number of carbonyl (C=O) groups is 1. The van der Waals surface area contributed by atoms with Crippen LogP contribution in [-0.4, -0.2) is 45.7 Å². The van der Waals surface area contributed by atoms with Crippen molar-refractivity contribution in [3.05, 3.63) is 18.2 Å². The van der Waals surface area contributed by atoms with Crippen LogP contribution in [0.1, 0.15) is 12.8 Å². The molecule has 1 rings (SSSR count). The lowest BCUT2D eigenvalue weighted by atomic mass is 10.2. The first kappa shape index (κ1) is 15.1. The van der Waals surface area contributed by atoms with E-state index in [-0.39, 0.29) is 5.91 Å². The van der Waals surface area contributed by atoms with Gasteiger partial charge in [-0.3, -0.25) is 4.79 Å². The number of rotatable bonds is 7. The van der Waals surface area contributed by atoms with Gasteiger partial charge in [0.25, 0.3) is 0 Å². The number of nitrogens with zero attached hydrogens (tertiary/aromatic N) is 1. The van der Waals surface area contributed by atoms with Gasteiger partial charge in [-0.15, -0.1) is 0 Å². The highest BCUT2D eigenvalue weighted by atomic mass is 16.5. The Balaban J connectivity index is 2.50. The second-order valence-electron chi connectivity index (χ2n) is 4.38. The standard InChI is InChI=1S/C14H22N2O3/c1-16(2)14(17)6-5-9-15-12-10-11(18-3)7-8-13(12)19-4/h7-8,10,15H,5-6,9H2,1-4H3. The average molecular weight is 266 g/mol. The molecule has 1 aromatic rings. The van der Waals surface area contributed by atoms with E-state index in [1.165, 1.54) is 0 Å². The molecule has 106 valence electrons. The summed E-state index contributed by atoms with van der Waals surface area (Å²) in [6.45, 7) is 0.711. The molecule has 0 atom stereocenters. The Labute approximate surface area is 114 Å². The third kappa shape index (κ3) is 4.69. The molecule has 5 heteroatoms. The minimum absolute atomic E-state index is 0.138. The van der Waals surface area contributed by atoms with Gasteiger partial charge in [0.15, 0.2) is 0 Å². The maximum absolute atomic E-state index is 11.4. The predicted molar refractivity (Wildman–Crippen MR) is 76.0 cm³/mol. The van der Waals surface area contributed by atoms with Gasteiger partial charge >= 0.3 is 0 Å². The molecule has 1 amide bonds. The Morgan fingerprint density at radius 1 is 1.26 bits per heavy atom. The summed E-state index contributed by atoms with van der Waals surface area (Å²) in [5, 5.41) is 3.26. The number of ether oxygens (including phenoxy) is 2. The molecule has 1 N–H and O–H groups in total. The summed E-state index contributed by atoms with van der Waals surface area (Å²) in [4.78, 5) is 13.0. The summed E-state index contributed by atoms with van der Waals surface area (Å²) in [6.07, 6.45) is 1.31. The minimum atomic E-state index is 0.138. The quantitative estimate of drug-likeness (QED) is 0.767. The fourth-order valence-corrected chi connectivity index (χ4v) is 1.64. The van der Waals surface area contributed by atoms with Gasteiger partial charge in [-0.2, -0.15) is 0 Å². The van der Waals surface area contributed by atoms with Crippen molar-refractivity contribution in [2.75, 3.05) is 40.2 Å². The van der Waals surface area contributed by atoms with Crippen LogP contribution < -0.4 is 14.8 Å². The lowest BCUT2D eigenvalue weighted by Gasteiger charge is -2.13. The highest BCUT2D eigenvalue weighted by Gasteiger charge is 2.06. The van der Waals surface area contributed by atoms with Gasteiger partial charge in [-0.1, -0.05) is 0 Å². The number of nitrogens with one attached hydrogen (secondary N) is 1. The molecule has 0 fully saturated rings. The number of anilines is 1. The van der Waals surface area contributed by atoms with Crippen molar-refractivity contribution < 1.29 is 14.3 Å². The predicted octanol–water partition coefficient (Wildman–Crippen LogP) is 1.98. The molecular formula is C14H22N2O3. The van der Waals surface area contributed by atoms with Crippen LogP contribution in [0, 0.1) is 0 Å². The molecule has 0 bridgehead atoms. The molecule has 0 aromatic heterocycles. The molecule has 5 nitrogen and oxygen atoms in total. The Kier molecular flexibility index (Phi) is 5.99. The summed E-state index contributed by atoms with van der Waals surface area (Å²) >= 11 is 0. The highest BCUT2D eigenvalue weighted by Crippen LogP contribution is 2.28. The Morgan fingerprint density at radius 2 is 2.00 bits per heavy atom. The molecule has 1 aromatic carbocycles. The third-order valence-corrected chi connectivity index (χ3v) is 2.79. The van der Waals surface area contributed by atoms with Crippen LogP contribution in [0.25, 0.3) is 0 Å². The van der Waals surface area contributed by atoms with Crippen molar-refractivity contribution in [1.29, 1.82) is 0 Å². The Morgan fingerprint density at radius 3 is 2.58 bits per heavy atom. The van der Waals surface area contributed by atoms with E-state index < -0.39 is 0 Å². The normalized spacial score (nSPS) is 9.89. The van der Waals surface area contributed by atoms with E-state index >= 15 is 0 Å². The van der Waals surface area contributed by atoms with Crippen molar-refractivity contribution in [3.63, 3.8) is 0 Å². The van der Waals surface area contributed by atoms with E-state index in [0.29, 0.717) is 13.0 Å². The van der Waals surface area contributed by atoms with E-state index in [1.54, 1.807) is 33.2 Å². The molecule has 0 spiro atoms. The maximum atomic E-state index is 11.4. The smallest absolute Gasteiger partial charge is 0.222 e. The van der Waals surface area contributed by atoms with Crippen molar-refractivity contribution >= 4 is 11.6 Å². The van der Waals surface area contributed by atoms with Gasteiger partial charge in [-0.05, 0) is 18.6 Å². The summed E-state index contributed by atoms with van der Waals surface area (Å²) in [7, 11) is 6.78. The Hall–Kier alpha value is -1.91. The number of hydrogen-bond donors (Lipinski definition) is 1. The molecule has 0 aliphatic heterocycles. The van der Waals surface area contributed by atoms with Crippen LogP contribution in [0.4, 0.5) is 5.69 Å². The van der Waals surface area contributed by atoms with Gasteiger partial charge in [0.05, 0.1) is 19.9 Å². The van der Waals surface area contributed by atoms with E-state index in [0.717, 1.165) is 23.6 Å². The number of hydrogen-bond acceptors (Lipinski definition) is 4. The summed E-state index contributed by atoms with van der Waals surface area (Å²) in [6, 6.07) is 5.58. The molecule has 0 aliphatic rings. The topological polar surface area (TPSA) is 50.8 Å². The lowest BCUT2D eigenvalue weighted by molar-refractivity contribution is -0.128. The third-order valence-electron chi connectivity index (χ3n) is 2.79. The van der Waals surface area contributed by atoms with E-state index in [4.69, 9.17) is 9.47 Å². The van der Waals surface area contributed by atoms with Gasteiger partial charge in [0.1, 0.15) is 11.5 Å². The van der Waals surface area contributed by atoms with Crippen LogP contribution in [0.15, 0.2) is 18.2 Å². The van der Waals surface area contributed by atoms with E-state index in [1.807, 2.05) is 18.2 Å². The summed E-state index contributed by atoms with van der Waals surface area (Å²) < 4.78 is 10.4. The van der Waals surface area contributed by atoms with E-state index in [9.17, 15) is 4.79 Å². The second kappa shape index (κ2) is 7.51. The molecule has 0 unspecified atom stereocenters. The van der Waals surface area contributed by atoms with Gasteiger partial charge < -0.3 is 19.7 Å². The maximum Gasteiger partial charge on any atom is 0.222 e. The van der Waals surface area contributed by atoms with Crippen LogP contribution in [0.5, 0.6) is 11.5 Å². The van der Waals surface area contributed by atoms with Crippen LogP contribution >= 0.6 is 0 Å². The molecule has 0 heterocycles.